The summed E-state index contributed by atoms with van der Waals surface area (Å²) in [4.78, 5) is 10.1. The molecule has 0 atom stereocenters. The lowest BCUT2D eigenvalue weighted by atomic mass is 9.85. The maximum absolute atomic E-state index is 10.6. The second kappa shape index (κ2) is 4.16. The predicted molar refractivity (Wildman–Crippen MR) is 58.2 cm³/mol. The van der Waals surface area contributed by atoms with E-state index < -0.39 is 10.3 Å². The molecule has 1 aromatic carbocycles. The van der Waals surface area contributed by atoms with Crippen molar-refractivity contribution in [3.63, 3.8) is 0 Å². The molecule has 0 saturated heterocycles. The van der Waals surface area contributed by atoms with Crippen LogP contribution in [0.1, 0.15) is 19.4 Å². The Balaban J connectivity index is 3.25. The fraction of sp³-hybridized carbons (Fsp3) is 0.400. The fourth-order valence-electron chi connectivity index (χ4n) is 1.16. The number of hydrogen-bond acceptors (Lipinski definition) is 3. The average molecular weight is 230 g/mol. The third-order valence-electron chi connectivity index (χ3n) is 2.32. The first kappa shape index (κ1) is 11.9. The van der Waals surface area contributed by atoms with Gasteiger partial charge in [-0.05, 0) is 11.6 Å². The van der Waals surface area contributed by atoms with Crippen molar-refractivity contribution in [2.24, 2.45) is 0 Å². The van der Waals surface area contributed by atoms with Crippen LogP contribution in [0.3, 0.4) is 0 Å². The van der Waals surface area contributed by atoms with E-state index in [2.05, 4.69) is 0 Å². The summed E-state index contributed by atoms with van der Waals surface area (Å²) in [5.74, 6) is 0. The van der Waals surface area contributed by atoms with Crippen LogP contribution >= 0.6 is 11.6 Å². The molecule has 0 bridgehead atoms. The molecule has 4 nitrogen and oxygen atoms in total. The first-order chi connectivity index (χ1) is 6.88. The largest absolute Gasteiger partial charge is 0.395 e. The van der Waals surface area contributed by atoms with Crippen molar-refractivity contribution in [3.8, 4) is 0 Å². The lowest BCUT2D eigenvalue weighted by Crippen LogP contribution is -2.22. The molecule has 0 amide bonds. The number of nitrogens with zero attached hydrogens (tertiary/aromatic N) is 1. The Bertz CT molecular complexity index is 390. The van der Waals surface area contributed by atoms with Gasteiger partial charge in [0.25, 0.3) is 5.69 Å². The van der Waals surface area contributed by atoms with Gasteiger partial charge in [-0.15, -0.1) is 0 Å². The van der Waals surface area contributed by atoms with Gasteiger partial charge >= 0.3 is 0 Å². The molecular weight excluding hydrogens is 218 g/mol. The minimum atomic E-state index is -0.528. The van der Waals surface area contributed by atoms with Gasteiger partial charge in [-0.25, -0.2) is 0 Å². The number of rotatable bonds is 3. The van der Waals surface area contributed by atoms with Crippen LogP contribution in [0.2, 0.25) is 5.02 Å². The number of halogens is 1. The highest BCUT2D eigenvalue weighted by Crippen LogP contribution is 2.30. The van der Waals surface area contributed by atoms with Crippen molar-refractivity contribution in [1.29, 1.82) is 0 Å². The molecule has 1 aromatic rings. The first-order valence-electron chi connectivity index (χ1n) is 4.44. The molecule has 0 spiro atoms. The highest BCUT2D eigenvalue weighted by Gasteiger charge is 2.23. The van der Waals surface area contributed by atoms with Crippen molar-refractivity contribution in [2.45, 2.75) is 19.3 Å². The molecule has 0 saturated carbocycles. The summed E-state index contributed by atoms with van der Waals surface area (Å²) in [7, 11) is 0. The van der Waals surface area contributed by atoms with Crippen LogP contribution in [0.5, 0.6) is 0 Å². The lowest BCUT2D eigenvalue weighted by Gasteiger charge is -2.21. The summed E-state index contributed by atoms with van der Waals surface area (Å²) in [5.41, 5.74) is 0.0619. The molecule has 0 aliphatic heterocycles. The van der Waals surface area contributed by atoms with Crippen LogP contribution in [-0.4, -0.2) is 16.6 Å². The highest BCUT2D eigenvalue weighted by atomic mass is 35.5. The third kappa shape index (κ3) is 2.46. The molecule has 1 rings (SSSR count). The molecule has 1 N–H and O–H groups in total. The monoisotopic (exact) mass is 229 g/mol. The first-order valence-corrected chi connectivity index (χ1v) is 4.81. The summed E-state index contributed by atoms with van der Waals surface area (Å²) < 4.78 is 0. The number of nitro benzene ring substituents is 1. The standard InChI is InChI=1S/C10H12ClNO3/c1-10(2,6-13)7-3-4-8(11)9(5-7)12(14)15/h3-5,13H,6H2,1-2H3. The van der Waals surface area contributed by atoms with Crippen molar-refractivity contribution in [3.05, 3.63) is 38.9 Å². The fourth-order valence-corrected chi connectivity index (χ4v) is 1.35. The van der Waals surface area contributed by atoms with Crippen LogP contribution < -0.4 is 0 Å². The predicted octanol–water partition coefficient (Wildman–Crippen LogP) is 2.52. The Labute approximate surface area is 92.6 Å². The topological polar surface area (TPSA) is 63.4 Å². The number of aliphatic hydroxyl groups excluding tert-OH is 1. The zero-order chi connectivity index (χ0) is 11.6. The minimum Gasteiger partial charge on any atom is -0.395 e. The van der Waals surface area contributed by atoms with Crippen molar-refractivity contribution in [2.75, 3.05) is 6.61 Å². The van der Waals surface area contributed by atoms with Gasteiger partial charge in [0.05, 0.1) is 11.5 Å². The van der Waals surface area contributed by atoms with Crippen LogP contribution in [-0.2, 0) is 5.41 Å². The van der Waals surface area contributed by atoms with Crippen LogP contribution in [0.25, 0.3) is 0 Å². The highest BCUT2D eigenvalue weighted by molar-refractivity contribution is 6.32. The van der Waals surface area contributed by atoms with E-state index in [1.165, 1.54) is 12.1 Å². The van der Waals surface area contributed by atoms with Gasteiger partial charge in [0.15, 0.2) is 0 Å². The van der Waals surface area contributed by atoms with Gasteiger partial charge in [-0.2, -0.15) is 0 Å². The van der Waals surface area contributed by atoms with Gasteiger partial charge < -0.3 is 5.11 Å². The zero-order valence-electron chi connectivity index (χ0n) is 8.53. The Morgan fingerprint density at radius 2 is 2.13 bits per heavy atom. The quantitative estimate of drug-likeness (QED) is 0.640. The second-order valence-electron chi connectivity index (χ2n) is 3.97. The number of nitro groups is 1. The van der Waals surface area contributed by atoms with E-state index in [1.807, 2.05) is 0 Å². The molecule has 82 valence electrons. The molecule has 0 radical (unpaired) electrons. The van der Waals surface area contributed by atoms with Gasteiger partial charge in [-0.3, -0.25) is 10.1 Å². The normalized spacial score (nSPS) is 11.5. The van der Waals surface area contributed by atoms with E-state index in [9.17, 15) is 10.1 Å². The van der Waals surface area contributed by atoms with Crippen molar-refractivity contribution < 1.29 is 10.0 Å². The Morgan fingerprint density at radius 3 is 2.60 bits per heavy atom. The molecule has 0 heterocycles. The van der Waals surface area contributed by atoms with E-state index in [1.54, 1.807) is 19.9 Å². The van der Waals surface area contributed by atoms with Crippen LogP contribution in [0.4, 0.5) is 5.69 Å². The molecule has 0 fully saturated rings. The van der Waals surface area contributed by atoms with E-state index in [0.29, 0.717) is 5.56 Å². The van der Waals surface area contributed by atoms with Crippen molar-refractivity contribution in [1.82, 2.24) is 0 Å². The van der Waals surface area contributed by atoms with Crippen molar-refractivity contribution >= 4 is 17.3 Å². The minimum absolute atomic E-state index is 0.0776. The molecule has 15 heavy (non-hydrogen) atoms. The van der Waals surface area contributed by atoms with Gasteiger partial charge in [-0.1, -0.05) is 31.5 Å². The molecule has 0 aromatic heterocycles. The van der Waals surface area contributed by atoms with E-state index >= 15 is 0 Å². The van der Waals surface area contributed by atoms with E-state index in [-0.39, 0.29) is 17.3 Å². The number of benzene rings is 1. The summed E-state index contributed by atoms with van der Waals surface area (Å²) >= 11 is 5.68. The van der Waals surface area contributed by atoms with Crippen LogP contribution in [0, 0.1) is 10.1 Å². The SMILES string of the molecule is CC(C)(CO)c1ccc(Cl)c([N+](=O)[O-])c1. The average Bonchev–Trinajstić information content (AvgIpc) is 2.17. The summed E-state index contributed by atoms with van der Waals surface area (Å²) in [5, 5.41) is 19.9. The summed E-state index contributed by atoms with van der Waals surface area (Å²) in [6.45, 7) is 3.53. The summed E-state index contributed by atoms with van der Waals surface area (Å²) in [6, 6.07) is 4.57. The zero-order valence-corrected chi connectivity index (χ0v) is 9.28. The molecule has 0 unspecified atom stereocenters. The van der Waals surface area contributed by atoms with E-state index in [0.717, 1.165) is 0 Å². The number of hydrogen-bond donors (Lipinski definition) is 1. The smallest absolute Gasteiger partial charge is 0.288 e. The van der Waals surface area contributed by atoms with E-state index in [4.69, 9.17) is 16.7 Å². The van der Waals surface area contributed by atoms with Gasteiger partial charge in [0, 0.05) is 11.5 Å². The van der Waals surface area contributed by atoms with Crippen LogP contribution in [0.15, 0.2) is 18.2 Å². The number of aliphatic hydroxyl groups is 1. The molecule has 5 heteroatoms. The lowest BCUT2D eigenvalue weighted by molar-refractivity contribution is -0.384. The third-order valence-corrected chi connectivity index (χ3v) is 2.64. The summed E-state index contributed by atoms with van der Waals surface area (Å²) in [6.07, 6.45) is 0. The molecular formula is C10H12ClNO3. The molecule has 0 aliphatic rings. The van der Waals surface area contributed by atoms with Gasteiger partial charge in [0.1, 0.15) is 5.02 Å². The Hall–Kier alpha value is -1.13. The van der Waals surface area contributed by atoms with Gasteiger partial charge in [0.2, 0.25) is 0 Å². The Morgan fingerprint density at radius 1 is 1.53 bits per heavy atom. The molecule has 0 aliphatic carbocycles. The maximum Gasteiger partial charge on any atom is 0.288 e. The maximum atomic E-state index is 10.6. The second-order valence-corrected chi connectivity index (χ2v) is 4.37. The Kier molecular flexibility index (Phi) is 3.31.